The SMILES string of the molecule is CCCc1nsc(NC2CCN(C(=O)OCC)CC2)n1. The number of rotatable bonds is 5. The Labute approximate surface area is 123 Å². The Kier molecular flexibility index (Phi) is 5.58. The molecule has 1 amide bonds. The highest BCUT2D eigenvalue weighted by molar-refractivity contribution is 7.09. The van der Waals surface area contributed by atoms with Crippen LogP contribution in [0.4, 0.5) is 9.93 Å². The average molecular weight is 298 g/mol. The first-order chi connectivity index (χ1) is 9.72. The van der Waals surface area contributed by atoms with E-state index in [0.29, 0.717) is 12.6 Å². The number of nitrogens with one attached hydrogen (secondary N) is 1. The molecule has 0 saturated carbocycles. The molecule has 1 aliphatic heterocycles. The summed E-state index contributed by atoms with van der Waals surface area (Å²) >= 11 is 1.42. The lowest BCUT2D eigenvalue weighted by molar-refractivity contribution is 0.0983. The van der Waals surface area contributed by atoms with Crippen molar-refractivity contribution in [1.29, 1.82) is 0 Å². The lowest BCUT2D eigenvalue weighted by atomic mass is 10.1. The molecule has 1 saturated heterocycles. The number of nitrogens with zero attached hydrogens (tertiary/aromatic N) is 3. The molecule has 1 fully saturated rings. The van der Waals surface area contributed by atoms with Gasteiger partial charge in [0.1, 0.15) is 5.82 Å². The maximum atomic E-state index is 11.6. The van der Waals surface area contributed by atoms with E-state index in [1.165, 1.54) is 11.5 Å². The molecule has 1 N–H and O–H groups in total. The number of aromatic nitrogens is 2. The van der Waals surface area contributed by atoms with Crippen LogP contribution < -0.4 is 5.32 Å². The number of anilines is 1. The quantitative estimate of drug-likeness (QED) is 0.904. The second-order valence-corrected chi connectivity index (χ2v) is 5.62. The third kappa shape index (κ3) is 4.06. The standard InChI is InChI=1S/C13H22N4O2S/c1-3-5-11-15-12(20-16-11)14-10-6-8-17(9-7-10)13(18)19-4-2/h10H,3-9H2,1-2H3,(H,14,15,16). The second kappa shape index (κ2) is 7.42. The molecular weight excluding hydrogens is 276 g/mol. The minimum Gasteiger partial charge on any atom is -0.450 e. The molecule has 1 aliphatic rings. The summed E-state index contributed by atoms with van der Waals surface area (Å²) in [6.45, 7) is 5.85. The molecule has 0 spiro atoms. The van der Waals surface area contributed by atoms with E-state index < -0.39 is 0 Å². The molecule has 1 aromatic heterocycles. The summed E-state index contributed by atoms with van der Waals surface area (Å²) in [4.78, 5) is 17.8. The van der Waals surface area contributed by atoms with Crippen LogP contribution in [0.1, 0.15) is 38.9 Å². The highest BCUT2D eigenvalue weighted by Gasteiger charge is 2.24. The highest BCUT2D eigenvalue weighted by Crippen LogP contribution is 2.19. The molecule has 7 heteroatoms. The summed E-state index contributed by atoms with van der Waals surface area (Å²) in [6.07, 6.45) is 3.63. The molecule has 0 aromatic carbocycles. The van der Waals surface area contributed by atoms with Gasteiger partial charge in [-0.15, -0.1) is 0 Å². The predicted molar refractivity (Wildman–Crippen MR) is 79.1 cm³/mol. The van der Waals surface area contributed by atoms with Gasteiger partial charge in [-0.3, -0.25) is 0 Å². The fourth-order valence-corrected chi connectivity index (χ4v) is 2.92. The molecule has 0 radical (unpaired) electrons. The van der Waals surface area contributed by atoms with E-state index in [2.05, 4.69) is 21.6 Å². The molecular formula is C13H22N4O2S. The summed E-state index contributed by atoms with van der Waals surface area (Å²) < 4.78 is 9.33. The molecule has 0 bridgehead atoms. The van der Waals surface area contributed by atoms with Crippen molar-refractivity contribution < 1.29 is 9.53 Å². The normalized spacial score (nSPS) is 16.2. The summed E-state index contributed by atoms with van der Waals surface area (Å²) in [6, 6.07) is 0.364. The number of aryl methyl sites for hydroxylation is 1. The van der Waals surface area contributed by atoms with Crippen molar-refractivity contribution in [2.75, 3.05) is 25.0 Å². The van der Waals surface area contributed by atoms with Crippen molar-refractivity contribution in [2.24, 2.45) is 0 Å². The van der Waals surface area contributed by atoms with Gasteiger partial charge < -0.3 is 15.0 Å². The molecule has 2 heterocycles. The van der Waals surface area contributed by atoms with Crippen molar-refractivity contribution in [3.63, 3.8) is 0 Å². The average Bonchev–Trinajstić information content (AvgIpc) is 2.88. The number of piperidine rings is 1. The van der Waals surface area contributed by atoms with Crippen molar-refractivity contribution in [3.05, 3.63) is 5.82 Å². The highest BCUT2D eigenvalue weighted by atomic mass is 32.1. The second-order valence-electron chi connectivity index (χ2n) is 4.87. The Balaban J connectivity index is 1.77. The van der Waals surface area contributed by atoms with E-state index in [-0.39, 0.29) is 6.09 Å². The molecule has 0 unspecified atom stereocenters. The third-order valence-electron chi connectivity index (χ3n) is 3.29. The van der Waals surface area contributed by atoms with Gasteiger partial charge in [0.2, 0.25) is 5.13 Å². The van der Waals surface area contributed by atoms with Crippen LogP contribution in [0.5, 0.6) is 0 Å². The van der Waals surface area contributed by atoms with Gasteiger partial charge in [0.25, 0.3) is 0 Å². The predicted octanol–water partition coefficient (Wildman–Crippen LogP) is 2.52. The van der Waals surface area contributed by atoms with Crippen LogP contribution in [0, 0.1) is 0 Å². The number of ether oxygens (including phenoxy) is 1. The maximum Gasteiger partial charge on any atom is 0.409 e. The first-order valence-electron chi connectivity index (χ1n) is 7.23. The number of amides is 1. The van der Waals surface area contributed by atoms with Crippen LogP contribution >= 0.6 is 11.5 Å². The largest absolute Gasteiger partial charge is 0.450 e. The van der Waals surface area contributed by atoms with Crippen molar-refractivity contribution in [2.45, 2.75) is 45.6 Å². The first-order valence-corrected chi connectivity index (χ1v) is 8.01. The lowest BCUT2D eigenvalue weighted by Crippen LogP contribution is -2.42. The van der Waals surface area contributed by atoms with Gasteiger partial charge in [-0.2, -0.15) is 4.37 Å². The van der Waals surface area contributed by atoms with E-state index >= 15 is 0 Å². The Morgan fingerprint density at radius 3 is 2.85 bits per heavy atom. The molecule has 112 valence electrons. The van der Waals surface area contributed by atoms with Crippen LogP contribution in [0.3, 0.4) is 0 Å². The number of carbonyl (C=O) groups excluding carboxylic acids is 1. The summed E-state index contributed by atoms with van der Waals surface area (Å²) in [5, 5.41) is 4.31. The van der Waals surface area contributed by atoms with Gasteiger partial charge in [-0.25, -0.2) is 9.78 Å². The fraction of sp³-hybridized carbons (Fsp3) is 0.769. The lowest BCUT2D eigenvalue weighted by Gasteiger charge is -2.31. The zero-order chi connectivity index (χ0) is 14.4. The van der Waals surface area contributed by atoms with E-state index in [9.17, 15) is 4.79 Å². The van der Waals surface area contributed by atoms with Gasteiger partial charge >= 0.3 is 6.09 Å². The molecule has 1 aromatic rings. The smallest absolute Gasteiger partial charge is 0.409 e. The summed E-state index contributed by atoms with van der Waals surface area (Å²) in [7, 11) is 0. The zero-order valence-electron chi connectivity index (χ0n) is 12.1. The summed E-state index contributed by atoms with van der Waals surface area (Å²) in [5.41, 5.74) is 0. The number of hydrogen-bond acceptors (Lipinski definition) is 6. The Morgan fingerprint density at radius 1 is 1.45 bits per heavy atom. The molecule has 20 heavy (non-hydrogen) atoms. The van der Waals surface area contributed by atoms with Crippen molar-refractivity contribution in [1.82, 2.24) is 14.3 Å². The van der Waals surface area contributed by atoms with Crippen LogP contribution in [0.2, 0.25) is 0 Å². The van der Waals surface area contributed by atoms with E-state index in [4.69, 9.17) is 4.74 Å². The molecule has 0 aliphatic carbocycles. The van der Waals surface area contributed by atoms with E-state index in [1.54, 1.807) is 4.90 Å². The first kappa shape index (κ1) is 15.0. The Morgan fingerprint density at radius 2 is 2.20 bits per heavy atom. The van der Waals surface area contributed by atoms with Crippen LogP contribution in [0.25, 0.3) is 0 Å². The van der Waals surface area contributed by atoms with Gasteiger partial charge in [-0.1, -0.05) is 6.92 Å². The van der Waals surface area contributed by atoms with E-state index in [0.717, 1.165) is 49.7 Å². The molecule has 6 nitrogen and oxygen atoms in total. The van der Waals surface area contributed by atoms with Crippen LogP contribution in [0.15, 0.2) is 0 Å². The van der Waals surface area contributed by atoms with Gasteiger partial charge in [0, 0.05) is 37.1 Å². The zero-order valence-corrected chi connectivity index (χ0v) is 12.9. The van der Waals surface area contributed by atoms with Crippen LogP contribution in [-0.2, 0) is 11.2 Å². The van der Waals surface area contributed by atoms with Gasteiger partial charge in [-0.05, 0) is 26.2 Å². The minimum atomic E-state index is -0.202. The minimum absolute atomic E-state index is 0.202. The molecule has 2 rings (SSSR count). The number of hydrogen-bond donors (Lipinski definition) is 1. The number of carbonyl (C=O) groups is 1. The topological polar surface area (TPSA) is 67.4 Å². The Hall–Kier alpha value is -1.37. The molecule has 0 atom stereocenters. The number of likely N-dealkylation sites (tertiary alicyclic amines) is 1. The van der Waals surface area contributed by atoms with Crippen LogP contribution in [-0.4, -0.2) is 46.1 Å². The maximum absolute atomic E-state index is 11.6. The van der Waals surface area contributed by atoms with Gasteiger partial charge in [0.05, 0.1) is 6.61 Å². The van der Waals surface area contributed by atoms with Crippen molar-refractivity contribution in [3.8, 4) is 0 Å². The fourth-order valence-electron chi connectivity index (χ4n) is 2.23. The Bertz CT molecular complexity index is 430. The monoisotopic (exact) mass is 298 g/mol. The van der Waals surface area contributed by atoms with Gasteiger partial charge in [0.15, 0.2) is 0 Å². The summed E-state index contributed by atoms with van der Waals surface area (Å²) in [5.74, 6) is 0.920. The third-order valence-corrected chi connectivity index (χ3v) is 3.97. The van der Waals surface area contributed by atoms with E-state index in [1.807, 2.05) is 6.92 Å². The van der Waals surface area contributed by atoms with Crippen molar-refractivity contribution >= 4 is 22.8 Å².